The molecule has 2 rings (SSSR count). The third kappa shape index (κ3) is 24.5. The molecule has 0 spiro atoms. The summed E-state index contributed by atoms with van der Waals surface area (Å²) in [6, 6.07) is -0.906. The SMILES string of the molecule is C/C=C/C[C@@H](C)[C@@H](O)C1C(=O)NC([C@@H](C)OC(=S)Oc2ccccc2)C(=O)N(C)CC(=O)N(C)[C@@H](CC(C)C)C(=O)N[C@H](CC(C)C)N(C)[C@H](CC(C)C)N[C@H](C)C(=O)OC(=O)N(C)[C@H](CC(C)C)C(=O)N[C@H](CC(C)C)C(=O)N(C)C(C(C)C)C(=O)N1C. The number of nitrogens with zero attached hydrogens (tertiary/aromatic N) is 6. The molecule has 12 atom stereocenters. The molecule has 1 aromatic carbocycles. The molecule has 5 N–H and O–H groups in total. The molecule has 1 saturated heterocycles. The fourth-order valence-electron chi connectivity index (χ4n) is 10.8. The van der Waals surface area contributed by atoms with Gasteiger partial charge >= 0.3 is 17.3 Å². The molecule has 24 heteroatoms. The highest BCUT2D eigenvalue weighted by molar-refractivity contribution is 7.79. The van der Waals surface area contributed by atoms with Crippen molar-refractivity contribution < 1.29 is 62.5 Å². The molecular formula is C65H110N10O13S. The Morgan fingerprint density at radius 3 is 1.65 bits per heavy atom. The minimum atomic E-state index is -1.74. The summed E-state index contributed by atoms with van der Waals surface area (Å²) < 4.78 is 17.3. The van der Waals surface area contributed by atoms with Crippen molar-refractivity contribution in [1.29, 1.82) is 0 Å². The van der Waals surface area contributed by atoms with Gasteiger partial charge in [0.25, 0.3) is 0 Å². The van der Waals surface area contributed by atoms with Crippen LogP contribution in [0.2, 0.25) is 0 Å². The van der Waals surface area contributed by atoms with E-state index < -0.39 is 144 Å². The average Bonchev–Trinajstić information content (AvgIpc) is 1.92. The number of para-hydroxylation sites is 1. The molecule has 1 aliphatic heterocycles. The second-order valence-corrected chi connectivity index (χ2v) is 26.9. The maximum Gasteiger partial charge on any atom is 0.417 e. The van der Waals surface area contributed by atoms with Crippen molar-refractivity contribution in [2.24, 2.45) is 41.4 Å². The van der Waals surface area contributed by atoms with Gasteiger partial charge in [-0.1, -0.05) is 120 Å². The lowest BCUT2D eigenvalue weighted by molar-refractivity contribution is -0.155. The van der Waals surface area contributed by atoms with E-state index in [4.69, 9.17) is 26.4 Å². The fraction of sp³-hybridized carbons (Fsp3) is 0.723. The van der Waals surface area contributed by atoms with E-state index in [-0.39, 0.29) is 55.3 Å². The lowest BCUT2D eigenvalue weighted by Crippen LogP contribution is -2.64. The van der Waals surface area contributed by atoms with Gasteiger partial charge < -0.3 is 54.9 Å². The van der Waals surface area contributed by atoms with Crippen LogP contribution in [0.4, 0.5) is 4.79 Å². The first-order valence-corrected chi connectivity index (χ1v) is 31.9. The number of benzene rings is 1. The molecule has 89 heavy (non-hydrogen) atoms. The van der Waals surface area contributed by atoms with Gasteiger partial charge in [0.2, 0.25) is 41.4 Å². The second-order valence-electron chi connectivity index (χ2n) is 26.6. The number of hydrogen-bond donors (Lipinski definition) is 5. The summed E-state index contributed by atoms with van der Waals surface area (Å²) in [5.41, 5.74) is 0. The number of aliphatic hydroxyl groups excluding tert-OH is 1. The standard InChI is InChI=1S/C65H110N10O13S/c1-23-24-28-43(14)56(77)55-59(80)69-53(45(16)86-65(89)87-46-29-26-25-27-30-46)61(82)70(17)36-52(76)71(18)48(32-38(4)5)58(79)68-51(35-41(10)11)73(20)50(34-40(8)9)66-44(15)63(84)88-64(85)72(19)49(33-39(6)7)57(78)67-47(31-37(2)3)60(81)74(21)54(42(12)13)62(83)75(55)22/h23-27,29-30,37-45,47-51,53-56,66,77H,28,31-36H2,1-22H3,(H,67,78)(H,68,79)(H,69,80)/b24-23+/t43-,44-,45-,47-,48+,49-,50-,51+,53?,54?,55?,56-/m1/s1. The van der Waals surface area contributed by atoms with Gasteiger partial charge in [0.15, 0.2) is 0 Å². The maximum atomic E-state index is 15.3. The normalized spacial score (nSPS) is 25.3. The first-order valence-electron chi connectivity index (χ1n) is 31.5. The van der Waals surface area contributed by atoms with Crippen molar-refractivity contribution in [3.8, 4) is 5.75 Å². The number of allylic oxidation sites excluding steroid dienone is 2. The predicted molar refractivity (Wildman–Crippen MR) is 347 cm³/mol. The number of amides is 8. The molecule has 0 aliphatic carbocycles. The fourth-order valence-corrected chi connectivity index (χ4v) is 11.0. The molecule has 8 amide bonds. The number of esters is 1. The molecule has 0 bridgehead atoms. The Balaban J connectivity index is 3.08. The summed E-state index contributed by atoms with van der Waals surface area (Å²) in [5.74, 6) is -7.43. The van der Waals surface area contributed by atoms with E-state index in [1.165, 1.54) is 52.0 Å². The van der Waals surface area contributed by atoms with Crippen LogP contribution >= 0.6 is 12.2 Å². The third-order valence-corrected chi connectivity index (χ3v) is 16.1. The average molecular weight is 1270 g/mol. The molecule has 0 saturated carbocycles. The summed E-state index contributed by atoms with van der Waals surface area (Å²) in [7, 11) is 8.68. The number of cyclic esters (lactones) is 2. The van der Waals surface area contributed by atoms with E-state index in [0.29, 0.717) is 18.6 Å². The van der Waals surface area contributed by atoms with Crippen LogP contribution in [-0.4, -0.2) is 209 Å². The minimum Gasteiger partial charge on any atom is -0.451 e. The molecule has 1 aliphatic rings. The number of ether oxygens (including phenoxy) is 3. The van der Waals surface area contributed by atoms with Crippen molar-refractivity contribution >= 4 is 70.9 Å². The van der Waals surface area contributed by atoms with Crippen LogP contribution in [0.5, 0.6) is 5.75 Å². The van der Waals surface area contributed by atoms with Gasteiger partial charge in [-0.25, -0.2) is 9.59 Å². The van der Waals surface area contributed by atoms with Crippen molar-refractivity contribution in [2.45, 2.75) is 216 Å². The molecular weight excluding hydrogens is 1160 g/mol. The van der Waals surface area contributed by atoms with Crippen LogP contribution in [0.15, 0.2) is 42.5 Å². The maximum absolute atomic E-state index is 15.3. The molecule has 3 unspecified atom stereocenters. The van der Waals surface area contributed by atoms with Crippen molar-refractivity contribution in [3.05, 3.63) is 42.5 Å². The van der Waals surface area contributed by atoms with E-state index in [0.717, 1.165) is 14.7 Å². The number of thiocarbonyl (C=S) groups is 1. The molecule has 504 valence electrons. The molecule has 1 heterocycles. The zero-order valence-electron chi connectivity index (χ0n) is 57.3. The number of carbonyl (C=O) groups is 9. The van der Waals surface area contributed by atoms with Gasteiger partial charge in [-0.05, 0) is 120 Å². The summed E-state index contributed by atoms with van der Waals surface area (Å²) in [4.78, 5) is 140. The summed E-state index contributed by atoms with van der Waals surface area (Å²) in [6.07, 6.45) is -0.151. The number of likely N-dealkylation sites (N-methyl/N-ethyl adjacent to an activating group) is 5. The van der Waals surface area contributed by atoms with E-state index >= 15 is 19.2 Å². The predicted octanol–water partition coefficient (Wildman–Crippen LogP) is 6.17. The number of rotatable bonds is 18. The lowest BCUT2D eigenvalue weighted by Gasteiger charge is -2.40. The van der Waals surface area contributed by atoms with Gasteiger partial charge in [0.05, 0.1) is 25.0 Å². The minimum absolute atomic E-state index is 0.0381. The van der Waals surface area contributed by atoms with Gasteiger partial charge in [-0.3, -0.25) is 48.7 Å². The van der Waals surface area contributed by atoms with Gasteiger partial charge in [-0.2, -0.15) is 0 Å². The van der Waals surface area contributed by atoms with Gasteiger partial charge in [-0.15, -0.1) is 0 Å². The van der Waals surface area contributed by atoms with Crippen LogP contribution in [0.3, 0.4) is 0 Å². The highest BCUT2D eigenvalue weighted by Crippen LogP contribution is 2.25. The second kappa shape index (κ2) is 37.2. The van der Waals surface area contributed by atoms with Crippen molar-refractivity contribution in [1.82, 2.24) is 50.7 Å². The number of aliphatic hydroxyl groups is 1. The zero-order chi connectivity index (χ0) is 68.1. The highest BCUT2D eigenvalue weighted by Gasteiger charge is 2.45. The topological polar surface area (TPSA) is 269 Å². The molecule has 1 aromatic rings. The largest absolute Gasteiger partial charge is 0.451 e. The summed E-state index contributed by atoms with van der Waals surface area (Å²) in [5, 5.41) is 24.0. The van der Waals surface area contributed by atoms with Gasteiger partial charge in [0, 0.05) is 47.5 Å². The van der Waals surface area contributed by atoms with Crippen molar-refractivity contribution in [2.75, 3.05) is 48.8 Å². The van der Waals surface area contributed by atoms with Crippen LogP contribution in [0.25, 0.3) is 0 Å². The van der Waals surface area contributed by atoms with Crippen molar-refractivity contribution in [3.63, 3.8) is 0 Å². The molecule has 0 aromatic heterocycles. The quantitative estimate of drug-likeness (QED) is 0.0476. The van der Waals surface area contributed by atoms with Crippen LogP contribution in [0, 0.1) is 41.4 Å². The van der Waals surface area contributed by atoms with E-state index in [1.54, 1.807) is 84.2 Å². The zero-order valence-corrected chi connectivity index (χ0v) is 58.1. The summed E-state index contributed by atoms with van der Waals surface area (Å²) >= 11 is 5.50. The first kappa shape index (κ1) is 78.9. The van der Waals surface area contributed by atoms with Crippen LogP contribution < -0.4 is 26.0 Å². The summed E-state index contributed by atoms with van der Waals surface area (Å²) in [6.45, 7) is 28.5. The Labute approximate surface area is 536 Å². The number of carbonyl (C=O) groups excluding carboxylic acids is 9. The smallest absolute Gasteiger partial charge is 0.417 e. The van der Waals surface area contributed by atoms with Gasteiger partial charge in [0.1, 0.15) is 54.1 Å². The van der Waals surface area contributed by atoms with Crippen LogP contribution in [0.1, 0.15) is 149 Å². The Morgan fingerprint density at radius 2 is 1.13 bits per heavy atom. The Hall–Kier alpha value is -6.24. The molecule has 1 fully saturated rings. The monoisotopic (exact) mass is 1270 g/mol. The number of hydrogen-bond acceptors (Lipinski definition) is 16. The van der Waals surface area contributed by atoms with E-state index in [9.17, 15) is 29.1 Å². The number of nitrogens with one attached hydrogen (secondary N) is 4. The molecule has 23 nitrogen and oxygen atoms in total. The molecule has 0 radical (unpaired) electrons. The third-order valence-electron chi connectivity index (χ3n) is 15.9. The first-order chi connectivity index (χ1) is 41.4. The Bertz CT molecular complexity index is 2530. The Kier molecular flexibility index (Phi) is 32.9. The lowest BCUT2D eigenvalue weighted by atomic mass is 9.91. The highest BCUT2D eigenvalue weighted by atomic mass is 32.1. The van der Waals surface area contributed by atoms with E-state index in [1.807, 2.05) is 74.1 Å². The van der Waals surface area contributed by atoms with Crippen LogP contribution in [-0.2, 0) is 47.8 Å². The van der Waals surface area contributed by atoms with E-state index in [2.05, 4.69) is 21.3 Å². The Morgan fingerprint density at radius 1 is 0.629 bits per heavy atom.